The first-order valence-corrected chi connectivity index (χ1v) is 5.82. The fourth-order valence-electron chi connectivity index (χ4n) is 1.93. The molecule has 2 rings (SSSR count). The van der Waals surface area contributed by atoms with E-state index in [1.54, 1.807) is 24.1 Å². The molecule has 1 aliphatic rings. The molecule has 1 amide bonds. The first kappa shape index (κ1) is 11.6. The largest absolute Gasteiger partial charge is 0.340 e. The molecule has 0 atom stereocenters. The summed E-state index contributed by atoms with van der Waals surface area (Å²) < 4.78 is 0. The fraction of sp³-hybridized carbons (Fsp3) is 0.462. The first-order valence-electron chi connectivity index (χ1n) is 5.82. The van der Waals surface area contributed by atoms with Gasteiger partial charge in [-0.15, -0.1) is 0 Å². The Kier molecular flexibility index (Phi) is 3.38. The van der Waals surface area contributed by atoms with Crippen LogP contribution in [-0.2, 0) is 0 Å². The minimum Gasteiger partial charge on any atom is -0.340 e. The third-order valence-corrected chi connectivity index (χ3v) is 3.22. The zero-order valence-electron chi connectivity index (χ0n) is 9.89. The molecule has 88 valence electrons. The van der Waals surface area contributed by atoms with Gasteiger partial charge in [0.1, 0.15) is 11.8 Å². The summed E-state index contributed by atoms with van der Waals surface area (Å²) in [5, 5.41) is 8.65. The third-order valence-electron chi connectivity index (χ3n) is 3.22. The Morgan fingerprint density at radius 2 is 2.35 bits per heavy atom. The number of hydrogen-bond acceptors (Lipinski definition) is 3. The van der Waals surface area contributed by atoms with E-state index >= 15 is 0 Å². The zero-order chi connectivity index (χ0) is 12.3. The SMILES string of the molecule is CN(CC1CCC1)C(=O)c1ccc(C#N)cn1. The summed E-state index contributed by atoms with van der Waals surface area (Å²) in [5.74, 6) is 0.587. The van der Waals surface area contributed by atoms with Crippen LogP contribution < -0.4 is 0 Å². The van der Waals surface area contributed by atoms with Gasteiger partial charge in [-0.2, -0.15) is 5.26 Å². The predicted octanol–water partition coefficient (Wildman–Crippen LogP) is 1.83. The van der Waals surface area contributed by atoms with Gasteiger partial charge < -0.3 is 4.90 Å². The van der Waals surface area contributed by atoms with Crippen molar-refractivity contribution in [3.8, 4) is 6.07 Å². The Hall–Kier alpha value is -1.89. The molecule has 17 heavy (non-hydrogen) atoms. The number of aromatic nitrogens is 1. The van der Waals surface area contributed by atoms with Crippen molar-refractivity contribution in [2.75, 3.05) is 13.6 Å². The van der Waals surface area contributed by atoms with Crippen LogP contribution in [0.3, 0.4) is 0 Å². The van der Waals surface area contributed by atoms with Crippen molar-refractivity contribution in [3.05, 3.63) is 29.6 Å². The van der Waals surface area contributed by atoms with Crippen molar-refractivity contribution in [3.63, 3.8) is 0 Å². The Labute approximate surface area is 101 Å². The Morgan fingerprint density at radius 1 is 1.59 bits per heavy atom. The first-order chi connectivity index (χ1) is 8.20. The van der Waals surface area contributed by atoms with Crippen LogP contribution in [0.25, 0.3) is 0 Å². The number of rotatable bonds is 3. The van der Waals surface area contributed by atoms with Crippen LogP contribution in [0.4, 0.5) is 0 Å². The number of carbonyl (C=O) groups is 1. The van der Waals surface area contributed by atoms with E-state index in [2.05, 4.69) is 4.98 Å². The van der Waals surface area contributed by atoms with E-state index in [9.17, 15) is 4.79 Å². The van der Waals surface area contributed by atoms with Crippen LogP contribution in [0.2, 0.25) is 0 Å². The topological polar surface area (TPSA) is 57.0 Å². The van der Waals surface area contributed by atoms with Crippen molar-refractivity contribution in [2.24, 2.45) is 5.92 Å². The van der Waals surface area contributed by atoms with Gasteiger partial charge in [0, 0.05) is 19.8 Å². The predicted molar refractivity (Wildman–Crippen MR) is 63.3 cm³/mol. The van der Waals surface area contributed by atoms with Gasteiger partial charge in [0.2, 0.25) is 0 Å². The molecule has 0 aliphatic heterocycles. The van der Waals surface area contributed by atoms with Gasteiger partial charge in [0.15, 0.2) is 0 Å². The Bertz CT molecular complexity index is 443. The quantitative estimate of drug-likeness (QED) is 0.794. The molecule has 0 spiro atoms. The Balaban J connectivity index is 1.99. The number of pyridine rings is 1. The van der Waals surface area contributed by atoms with Crippen molar-refractivity contribution in [2.45, 2.75) is 19.3 Å². The molecule has 0 aromatic carbocycles. The maximum atomic E-state index is 12.0. The maximum Gasteiger partial charge on any atom is 0.272 e. The lowest BCUT2D eigenvalue weighted by atomic mass is 9.85. The minimum absolute atomic E-state index is 0.0682. The maximum absolute atomic E-state index is 12.0. The van der Waals surface area contributed by atoms with Crippen LogP contribution in [0.1, 0.15) is 35.3 Å². The molecule has 4 heteroatoms. The van der Waals surface area contributed by atoms with E-state index in [0.29, 0.717) is 17.2 Å². The van der Waals surface area contributed by atoms with E-state index in [1.807, 2.05) is 6.07 Å². The summed E-state index contributed by atoms with van der Waals surface area (Å²) in [4.78, 5) is 17.7. The van der Waals surface area contributed by atoms with E-state index in [4.69, 9.17) is 5.26 Å². The molecule has 1 aromatic rings. The highest BCUT2D eigenvalue weighted by Crippen LogP contribution is 2.26. The number of carbonyl (C=O) groups excluding carboxylic acids is 1. The minimum atomic E-state index is -0.0682. The monoisotopic (exact) mass is 229 g/mol. The van der Waals surface area contributed by atoms with Crippen molar-refractivity contribution in [1.29, 1.82) is 5.26 Å². The number of hydrogen-bond donors (Lipinski definition) is 0. The standard InChI is InChI=1S/C13H15N3O/c1-16(9-10-3-2-4-10)13(17)12-6-5-11(7-14)8-15-12/h5-6,8,10H,2-4,9H2,1H3. The summed E-state index contributed by atoms with van der Waals surface area (Å²) in [5.41, 5.74) is 0.883. The van der Waals surface area contributed by atoms with E-state index in [0.717, 1.165) is 6.54 Å². The number of nitrogens with zero attached hydrogens (tertiary/aromatic N) is 3. The van der Waals surface area contributed by atoms with Crippen LogP contribution in [0, 0.1) is 17.2 Å². The molecule has 0 bridgehead atoms. The molecule has 0 saturated heterocycles. The molecule has 0 radical (unpaired) electrons. The molecule has 1 heterocycles. The highest BCUT2D eigenvalue weighted by Gasteiger charge is 2.22. The smallest absolute Gasteiger partial charge is 0.272 e. The molecular weight excluding hydrogens is 214 g/mol. The van der Waals surface area contributed by atoms with Crippen molar-refractivity contribution >= 4 is 5.91 Å². The van der Waals surface area contributed by atoms with Crippen molar-refractivity contribution < 1.29 is 4.79 Å². The molecule has 1 aromatic heterocycles. The van der Waals surface area contributed by atoms with Crippen LogP contribution in [0.5, 0.6) is 0 Å². The second-order valence-corrected chi connectivity index (χ2v) is 4.53. The van der Waals surface area contributed by atoms with Gasteiger partial charge in [-0.3, -0.25) is 4.79 Å². The third kappa shape index (κ3) is 2.62. The zero-order valence-corrected chi connectivity index (χ0v) is 9.89. The molecule has 4 nitrogen and oxygen atoms in total. The van der Waals surface area contributed by atoms with E-state index in [-0.39, 0.29) is 5.91 Å². The summed E-state index contributed by atoms with van der Waals surface area (Å²) in [6.07, 6.45) is 5.16. The summed E-state index contributed by atoms with van der Waals surface area (Å²) in [6, 6.07) is 5.22. The Morgan fingerprint density at radius 3 is 2.82 bits per heavy atom. The highest BCUT2D eigenvalue weighted by molar-refractivity contribution is 5.92. The lowest BCUT2D eigenvalue weighted by molar-refractivity contribution is 0.0739. The average molecular weight is 229 g/mol. The van der Waals surface area contributed by atoms with Crippen molar-refractivity contribution in [1.82, 2.24) is 9.88 Å². The molecule has 1 saturated carbocycles. The normalized spacial score (nSPS) is 14.8. The second kappa shape index (κ2) is 4.96. The van der Waals surface area contributed by atoms with Gasteiger partial charge in [-0.1, -0.05) is 6.42 Å². The van der Waals surface area contributed by atoms with E-state index < -0.39 is 0 Å². The summed E-state index contributed by atoms with van der Waals surface area (Å²) in [6.45, 7) is 0.806. The average Bonchev–Trinajstić information content (AvgIpc) is 2.32. The summed E-state index contributed by atoms with van der Waals surface area (Å²) >= 11 is 0. The van der Waals surface area contributed by atoms with E-state index in [1.165, 1.54) is 25.5 Å². The molecule has 0 unspecified atom stereocenters. The van der Waals surface area contributed by atoms with Gasteiger partial charge in [-0.25, -0.2) is 4.98 Å². The van der Waals surface area contributed by atoms with Crippen LogP contribution in [-0.4, -0.2) is 29.4 Å². The highest BCUT2D eigenvalue weighted by atomic mass is 16.2. The van der Waals surface area contributed by atoms with Gasteiger partial charge in [-0.05, 0) is 30.9 Å². The summed E-state index contributed by atoms with van der Waals surface area (Å²) in [7, 11) is 1.81. The molecular formula is C13H15N3O. The molecule has 1 fully saturated rings. The number of amides is 1. The van der Waals surface area contributed by atoms with Gasteiger partial charge >= 0.3 is 0 Å². The van der Waals surface area contributed by atoms with Crippen LogP contribution in [0.15, 0.2) is 18.3 Å². The molecule has 1 aliphatic carbocycles. The van der Waals surface area contributed by atoms with Crippen LogP contribution >= 0.6 is 0 Å². The van der Waals surface area contributed by atoms with Gasteiger partial charge in [0.25, 0.3) is 5.91 Å². The lowest BCUT2D eigenvalue weighted by Crippen LogP contribution is -2.34. The lowest BCUT2D eigenvalue weighted by Gasteiger charge is -2.29. The number of nitriles is 1. The fourth-order valence-corrected chi connectivity index (χ4v) is 1.93. The van der Waals surface area contributed by atoms with Gasteiger partial charge in [0.05, 0.1) is 5.56 Å². The second-order valence-electron chi connectivity index (χ2n) is 4.53. The molecule has 0 N–H and O–H groups in total.